The molecule has 0 saturated heterocycles. The molecule has 0 aliphatic heterocycles. The van der Waals surface area contributed by atoms with E-state index >= 15 is 0 Å². The van der Waals surface area contributed by atoms with Crippen LogP contribution in [0.1, 0.15) is 49.9 Å². The number of nitrogens with zero attached hydrogens (tertiary/aromatic N) is 2. The van der Waals surface area contributed by atoms with Crippen molar-refractivity contribution in [1.29, 1.82) is 0 Å². The topological polar surface area (TPSA) is 17.8 Å². The number of allylic oxidation sites excluding steroid dienone is 1. The van der Waals surface area contributed by atoms with E-state index in [1.54, 1.807) is 0 Å². The summed E-state index contributed by atoms with van der Waals surface area (Å²) in [7, 11) is 0. The van der Waals surface area contributed by atoms with Gasteiger partial charge in [0, 0.05) is 12.2 Å². The van der Waals surface area contributed by atoms with Gasteiger partial charge in [-0.1, -0.05) is 12.5 Å². The second-order valence-corrected chi connectivity index (χ2v) is 4.68. The van der Waals surface area contributed by atoms with Crippen LogP contribution >= 0.6 is 0 Å². The van der Waals surface area contributed by atoms with Crippen LogP contribution in [0, 0.1) is 0 Å². The third-order valence-electron chi connectivity index (χ3n) is 3.42. The normalized spacial score (nSPS) is 14.8. The maximum atomic E-state index is 4.52. The molecule has 2 nitrogen and oxygen atoms in total. The smallest absolute Gasteiger partial charge is 0.0951 e. The maximum absolute atomic E-state index is 4.52. The number of aromatic nitrogens is 2. The van der Waals surface area contributed by atoms with Gasteiger partial charge in [-0.2, -0.15) is 0 Å². The first kappa shape index (κ1) is 11.4. The molecule has 0 spiro atoms. The summed E-state index contributed by atoms with van der Waals surface area (Å²) in [5.74, 6) is 0. The van der Waals surface area contributed by atoms with Gasteiger partial charge < -0.3 is 4.57 Å². The van der Waals surface area contributed by atoms with Crippen molar-refractivity contribution in [2.75, 3.05) is 0 Å². The molecular formula is C14H22N2. The summed E-state index contributed by atoms with van der Waals surface area (Å²) < 4.78 is 2.38. The molecule has 2 heteroatoms. The highest BCUT2D eigenvalue weighted by molar-refractivity contribution is 5.16. The van der Waals surface area contributed by atoms with Crippen molar-refractivity contribution in [2.45, 2.75) is 57.9 Å². The number of hydrogen-bond acceptors (Lipinski definition) is 1. The highest BCUT2D eigenvalue weighted by atomic mass is 15.1. The Hall–Kier alpha value is -1.05. The molecule has 16 heavy (non-hydrogen) atoms. The summed E-state index contributed by atoms with van der Waals surface area (Å²) in [6, 6.07) is 0. The van der Waals surface area contributed by atoms with Crippen molar-refractivity contribution in [3.05, 3.63) is 30.4 Å². The van der Waals surface area contributed by atoms with E-state index in [1.807, 2.05) is 12.4 Å². The summed E-state index contributed by atoms with van der Waals surface area (Å²) in [6.07, 6.45) is 14.2. The van der Waals surface area contributed by atoms with E-state index in [9.17, 15) is 0 Å². The number of imidazole rings is 1. The molecule has 0 unspecified atom stereocenters. The fraction of sp³-hybridized carbons (Fsp3) is 0.643. The van der Waals surface area contributed by atoms with Crippen molar-refractivity contribution in [1.82, 2.24) is 9.55 Å². The lowest BCUT2D eigenvalue weighted by Crippen LogP contribution is -2.08. The summed E-state index contributed by atoms with van der Waals surface area (Å²) in [5.41, 5.74) is 2.87. The molecule has 0 atom stereocenters. The zero-order chi connectivity index (χ0) is 11.2. The third kappa shape index (κ3) is 2.75. The first-order valence-electron chi connectivity index (χ1n) is 6.55. The average molecular weight is 218 g/mol. The predicted molar refractivity (Wildman–Crippen MR) is 67.5 cm³/mol. The lowest BCUT2D eigenvalue weighted by Gasteiger charge is -2.13. The predicted octanol–water partition coefficient (Wildman–Crippen LogP) is 3.51. The molecule has 1 aromatic rings. The first-order chi connectivity index (χ1) is 7.92. The second kappa shape index (κ2) is 5.88. The second-order valence-electron chi connectivity index (χ2n) is 4.68. The van der Waals surface area contributed by atoms with Gasteiger partial charge >= 0.3 is 0 Å². The van der Waals surface area contributed by atoms with Crippen LogP contribution in [-0.4, -0.2) is 9.55 Å². The van der Waals surface area contributed by atoms with Crippen LogP contribution in [0.2, 0.25) is 0 Å². The van der Waals surface area contributed by atoms with Crippen molar-refractivity contribution in [2.24, 2.45) is 0 Å². The van der Waals surface area contributed by atoms with Gasteiger partial charge in [0.05, 0.1) is 12.0 Å². The molecule has 1 heterocycles. The summed E-state index contributed by atoms with van der Waals surface area (Å²) >= 11 is 0. The molecule has 0 amide bonds. The van der Waals surface area contributed by atoms with Crippen molar-refractivity contribution in [3.8, 4) is 0 Å². The zero-order valence-corrected chi connectivity index (χ0v) is 10.1. The minimum Gasteiger partial charge on any atom is -0.334 e. The van der Waals surface area contributed by atoms with Crippen molar-refractivity contribution < 1.29 is 0 Å². The van der Waals surface area contributed by atoms with Crippen LogP contribution in [0.15, 0.2) is 19.0 Å². The number of rotatable bonds is 6. The van der Waals surface area contributed by atoms with Crippen LogP contribution in [0.25, 0.3) is 0 Å². The number of hydrogen-bond donors (Lipinski definition) is 0. The van der Waals surface area contributed by atoms with Crippen molar-refractivity contribution in [3.63, 3.8) is 0 Å². The molecule has 1 aliphatic carbocycles. The van der Waals surface area contributed by atoms with Crippen LogP contribution < -0.4 is 0 Å². The summed E-state index contributed by atoms with van der Waals surface area (Å²) in [6.45, 7) is 4.90. The fourth-order valence-electron chi connectivity index (χ4n) is 2.47. The molecule has 0 bridgehead atoms. The molecule has 1 aromatic heterocycles. The van der Waals surface area contributed by atoms with Gasteiger partial charge in [0.1, 0.15) is 0 Å². The van der Waals surface area contributed by atoms with Gasteiger partial charge in [-0.15, -0.1) is 6.58 Å². The Balaban J connectivity index is 1.80. The Kier molecular flexibility index (Phi) is 4.20. The SMILES string of the molecule is C=CCCCCCn1cnc2c1CCCC2. The summed E-state index contributed by atoms with van der Waals surface area (Å²) in [5, 5.41) is 0. The van der Waals surface area contributed by atoms with Gasteiger partial charge in [0.25, 0.3) is 0 Å². The van der Waals surface area contributed by atoms with E-state index < -0.39 is 0 Å². The van der Waals surface area contributed by atoms with E-state index in [0.717, 1.165) is 13.0 Å². The monoisotopic (exact) mass is 218 g/mol. The molecule has 1 aliphatic rings. The van der Waals surface area contributed by atoms with Gasteiger partial charge in [-0.25, -0.2) is 4.98 Å². The van der Waals surface area contributed by atoms with Crippen LogP contribution in [0.5, 0.6) is 0 Å². The molecular weight excluding hydrogens is 196 g/mol. The van der Waals surface area contributed by atoms with Gasteiger partial charge in [-0.3, -0.25) is 0 Å². The van der Waals surface area contributed by atoms with Gasteiger partial charge in [-0.05, 0) is 44.9 Å². The van der Waals surface area contributed by atoms with E-state index in [4.69, 9.17) is 0 Å². The number of unbranched alkanes of at least 4 members (excludes halogenated alkanes) is 3. The standard InChI is InChI=1S/C14H22N2/c1-2-3-4-5-8-11-16-12-15-13-9-6-7-10-14(13)16/h2,12H,1,3-11H2. The van der Waals surface area contributed by atoms with Crippen LogP contribution in [0.3, 0.4) is 0 Å². The Morgan fingerprint density at radius 1 is 1.25 bits per heavy atom. The highest BCUT2D eigenvalue weighted by Gasteiger charge is 2.14. The van der Waals surface area contributed by atoms with E-state index in [1.165, 1.54) is 56.3 Å². The molecule has 0 fully saturated rings. The third-order valence-corrected chi connectivity index (χ3v) is 3.42. The first-order valence-corrected chi connectivity index (χ1v) is 6.55. The largest absolute Gasteiger partial charge is 0.334 e. The molecule has 0 aromatic carbocycles. The molecule has 2 rings (SSSR count). The Labute approximate surface area is 98.4 Å². The molecule has 0 saturated carbocycles. The maximum Gasteiger partial charge on any atom is 0.0951 e. The fourth-order valence-corrected chi connectivity index (χ4v) is 2.47. The summed E-state index contributed by atoms with van der Waals surface area (Å²) in [4.78, 5) is 4.52. The molecule has 0 radical (unpaired) electrons. The van der Waals surface area contributed by atoms with E-state index in [2.05, 4.69) is 16.1 Å². The highest BCUT2D eigenvalue weighted by Crippen LogP contribution is 2.20. The van der Waals surface area contributed by atoms with Gasteiger partial charge in [0.2, 0.25) is 0 Å². The van der Waals surface area contributed by atoms with E-state index in [0.29, 0.717) is 0 Å². The van der Waals surface area contributed by atoms with Crippen LogP contribution in [0.4, 0.5) is 0 Å². The van der Waals surface area contributed by atoms with Crippen LogP contribution in [-0.2, 0) is 19.4 Å². The minimum absolute atomic E-state index is 1.15. The Bertz CT molecular complexity index is 339. The molecule has 88 valence electrons. The zero-order valence-electron chi connectivity index (χ0n) is 10.1. The van der Waals surface area contributed by atoms with Crippen molar-refractivity contribution >= 4 is 0 Å². The Morgan fingerprint density at radius 2 is 2.12 bits per heavy atom. The number of fused-ring (bicyclic) bond motifs is 1. The van der Waals surface area contributed by atoms with E-state index in [-0.39, 0.29) is 0 Å². The molecule has 0 N–H and O–H groups in total. The van der Waals surface area contributed by atoms with Gasteiger partial charge in [0.15, 0.2) is 0 Å². The number of aryl methyl sites for hydroxylation is 2. The quantitative estimate of drug-likeness (QED) is 0.528. The lowest BCUT2D eigenvalue weighted by molar-refractivity contribution is 0.556. The Morgan fingerprint density at radius 3 is 3.00 bits per heavy atom. The lowest BCUT2D eigenvalue weighted by atomic mass is 10.0. The average Bonchev–Trinajstić information content (AvgIpc) is 2.73. The minimum atomic E-state index is 1.15.